The van der Waals surface area contributed by atoms with Crippen LogP contribution in [0.2, 0.25) is 0 Å². The smallest absolute Gasteiger partial charge is 0.422 e. The molecular weight excluding hydrogens is 520 g/mol. The Hall–Kier alpha value is -4.30. The van der Waals surface area contributed by atoms with E-state index in [0.717, 1.165) is 18.2 Å². The normalized spacial score (nSPS) is 14.4. The average Bonchev–Trinajstić information content (AvgIpc) is 2.87. The number of carbonyl (C=O) groups is 1. The fourth-order valence-electron chi connectivity index (χ4n) is 3.57. The minimum atomic E-state index is -4.67. The van der Waals surface area contributed by atoms with Gasteiger partial charge in [-0.05, 0) is 42.5 Å². The molecule has 1 fully saturated rings. The maximum atomic E-state index is 13.1. The molecule has 9 nitrogen and oxygen atoms in total. The first-order chi connectivity index (χ1) is 17.9. The molecule has 0 spiro atoms. The lowest BCUT2D eigenvalue weighted by Gasteiger charge is -2.34. The molecule has 0 unspecified atom stereocenters. The monoisotopic (exact) mass is 541 g/mol. The number of alkyl halides is 6. The van der Waals surface area contributed by atoms with E-state index < -0.39 is 30.5 Å². The lowest BCUT2D eigenvalue weighted by atomic mass is 10.1. The number of carbonyl (C=O) groups excluding carboxylic acids is 1. The molecule has 2 heterocycles. The van der Waals surface area contributed by atoms with Gasteiger partial charge in [-0.2, -0.15) is 41.3 Å². The number of halogens is 6. The standard InChI is InChI=1S/C23H21F6N7O2/c24-22(25,26)13-38-21-33-19(31-17-3-1-2-15(12-17)23(27,28)29)32-20(34-21)36-10-8-35(9-11-36)18(37)14-4-6-16(30)7-5-14/h1-7,12H,8-11,13,30H2,(H,31,32,33,34). The zero-order valence-corrected chi connectivity index (χ0v) is 19.6. The molecular formula is C23H21F6N7O2. The van der Waals surface area contributed by atoms with Crippen molar-refractivity contribution in [3.05, 3.63) is 59.7 Å². The number of anilines is 4. The van der Waals surface area contributed by atoms with Crippen molar-refractivity contribution in [2.45, 2.75) is 12.4 Å². The maximum Gasteiger partial charge on any atom is 0.422 e. The number of ether oxygens (including phenoxy) is 1. The number of benzene rings is 2. The lowest BCUT2D eigenvalue weighted by molar-refractivity contribution is -0.154. The molecule has 38 heavy (non-hydrogen) atoms. The SMILES string of the molecule is Nc1ccc(C(=O)N2CCN(c3nc(Nc4cccc(C(F)(F)F)c4)nc(OCC(F)(F)F)n3)CC2)cc1. The van der Waals surface area contributed by atoms with Crippen LogP contribution in [0.25, 0.3) is 0 Å². The first-order valence-corrected chi connectivity index (χ1v) is 11.2. The predicted octanol–water partition coefficient (Wildman–Crippen LogP) is 4.12. The van der Waals surface area contributed by atoms with Crippen LogP contribution in [-0.4, -0.2) is 64.7 Å². The summed E-state index contributed by atoms with van der Waals surface area (Å²) in [6, 6.07) is 9.90. The van der Waals surface area contributed by atoms with Gasteiger partial charge in [-0.3, -0.25) is 4.79 Å². The molecule has 2 aromatic carbocycles. The van der Waals surface area contributed by atoms with Crippen LogP contribution in [0.4, 0.5) is 49.6 Å². The molecule has 3 aromatic rings. The van der Waals surface area contributed by atoms with E-state index in [1.807, 2.05) is 0 Å². The van der Waals surface area contributed by atoms with Gasteiger partial charge in [0, 0.05) is 43.1 Å². The lowest BCUT2D eigenvalue weighted by Crippen LogP contribution is -2.49. The summed E-state index contributed by atoms with van der Waals surface area (Å²) in [4.78, 5) is 27.8. The minimum Gasteiger partial charge on any atom is -0.454 e. The molecule has 3 N–H and O–H groups in total. The van der Waals surface area contributed by atoms with Crippen LogP contribution in [0.1, 0.15) is 15.9 Å². The number of aromatic nitrogens is 3. The van der Waals surface area contributed by atoms with Gasteiger partial charge in [0.2, 0.25) is 11.9 Å². The molecule has 15 heteroatoms. The summed E-state index contributed by atoms with van der Waals surface area (Å²) in [6.07, 6.45) is -9.28. The van der Waals surface area contributed by atoms with Crippen LogP contribution < -0.4 is 20.7 Å². The zero-order chi connectivity index (χ0) is 27.5. The van der Waals surface area contributed by atoms with Gasteiger partial charge >= 0.3 is 18.4 Å². The van der Waals surface area contributed by atoms with Crippen molar-refractivity contribution in [2.75, 3.05) is 48.7 Å². The van der Waals surface area contributed by atoms with Crippen LogP contribution in [-0.2, 0) is 6.18 Å². The van der Waals surface area contributed by atoms with Crippen molar-refractivity contribution < 1.29 is 35.9 Å². The van der Waals surface area contributed by atoms with Gasteiger partial charge in [0.25, 0.3) is 5.91 Å². The number of rotatable bonds is 6. The number of nitrogens with two attached hydrogens (primary N) is 1. The van der Waals surface area contributed by atoms with E-state index >= 15 is 0 Å². The largest absolute Gasteiger partial charge is 0.454 e. The number of piperazine rings is 1. The number of nitrogens with zero attached hydrogens (tertiary/aromatic N) is 5. The highest BCUT2D eigenvalue weighted by Gasteiger charge is 2.31. The molecule has 0 radical (unpaired) electrons. The van der Waals surface area contributed by atoms with Crippen molar-refractivity contribution >= 4 is 29.2 Å². The molecule has 1 aliphatic heterocycles. The van der Waals surface area contributed by atoms with Gasteiger partial charge in [0.05, 0.1) is 5.56 Å². The molecule has 1 amide bonds. The Labute approximate surface area is 212 Å². The van der Waals surface area contributed by atoms with Crippen molar-refractivity contribution in [1.82, 2.24) is 19.9 Å². The summed E-state index contributed by atoms with van der Waals surface area (Å²) in [5.74, 6) is -0.598. The van der Waals surface area contributed by atoms with Gasteiger partial charge in [-0.1, -0.05) is 6.07 Å². The summed E-state index contributed by atoms with van der Waals surface area (Å²) >= 11 is 0. The summed E-state index contributed by atoms with van der Waals surface area (Å²) in [6.45, 7) is -0.712. The van der Waals surface area contributed by atoms with E-state index in [2.05, 4.69) is 25.0 Å². The summed E-state index contributed by atoms with van der Waals surface area (Å²) in [7, 11) is 0. The van der Waals surface area contributed by atoms with Crippen LogP contribution >= 0.6 is 0 Å². The van der Waals surface area contributed by atoms with E-state index in [4.69, 9.17) is 5.73 Å². The molecule has 0 aliphatic carbocycles. The Kier molecular flexibility index (Phi) is 7.46. The van der Waals surface area contributed by atoms with Crippen LogP contribution in [0, 0.1) is 0 Å². The van der Waals surface area contributed by atoms with E-state index in [0.29, 0.717) is 11.3 Å². The highest BCUT2D eigenvalue weighted by Crippen LogP contribution is 2.31. The fourth-order valence-corrected chi connectivity index (χ4v) is 3.57. The summed E-state index contributed by atoms with van der Waals surface area (Å²) in [5, 5.41) is 2.56. The summed E-state index contributed by atoms with van der Waals surface area (Å²) < 4.78 is 82.0. The molecule has 1 saturated heterocycles. The second-order valence-corrected chi connectivity index (χ2v) is 8.25. The third kappa shape index (κ3) is 6.92. The number of nitrogen functional groups attached to an aromatic ring is 1. The first-order valence-electron chi connectivity index (χ1n) is 11.2. The molecule has 0 saturated carbocycles. The Balaban J connectivity index is 1.53. The van der Waals surface area contributed by atoms with Gasteiger partial charge in [0.1, 0.15) is 0 Å². The molecule has 1 aliphatic rings. The van der Waals surface area contributed by atoms with Crippen LogP contribution in [0.5, 0.6) is 6.01 Å². The van der Waals surface area contributed by atoms with Gasteiger partial charge in [0.15, 0.2) is 6.61 Å². The number of hydrogen-bond donors (Lipinski definition) is 2. The van der Waals surface area contributed by atoms with Crippen LogP contribution in [0.3, 0.4) is 0 Å². The van der Waals surface area contributed by atoms with Crippen LogP contribution in [0.15, 0.2) is 48.5 Å². The molecule has 0 bridgehead atoms. The Morgan fingerprint density at radius 3 is 2.26 bits per heavy atom. The highest BCUT2D eigenvalue weighted by molar-refractivity contribution is 5.94. The maximum absolute atomic E-state index is 13.1. The molecule has 1 aromatic heterocycles. The van der Waals surface area contributed by atoms with Gasteiger partial charge in [-0.15, -0.1) is 0 Å². The zero-order valence-electron chi connectivity index (χ0n) is 19.6. The van der Waals surface area contributed by atoms with Crippen molar-refractivity contribution in [1.29, 1.82) is 0 Å². The Morgan fingerprint density at radius 2 is 1.63 bits per heavy atom. The molecule has 4 rings (SSSR count). The van der Waals surface area contributed by atoms with E-state index in [1.165, 1.54) is 6.07 Å². The first kappa shape index (κ1) is 26.8. The average molecular weight is 541 g/mol. The second-order valence-electron chi connectivity index (χ2n) is 8.25. The van der Waals surface area contributed by atoms with Crippen molar-refractivity contribution in [2.24, 2.45) is 0 Å². The third-order valence-corrected chi connectivity index (χ3v) is 5.42. The predicted molar refractivity (Wildman–Crippen MR) is 125 cm³/mol. The summed E-state index contributed by atoms with van der Waals surface area (Å²) in [5.41, 5.74) is 5.63. The topological polar surface area (TPSA) is 110 Å². The number of nitrogens with one attached hydrogen (secondary N) is 1. The molecule has 0 atom stereocenters. The number of hydrogen-bond acceptors (Lipinski definition) is 8. The second kappa shape index (κ2) is 10.6. The molecule has 202 valence electrons. The Bertz CT molecular complexity index is 1280. The van der Waals surface area contributed by atoms with E-state index in [9.17, 15) is 31.1 Å². The van der Waals surface area contributed by atoms with Gasteiger partial charge < -0.3 is 25.6 Å². The van der Waals surface area contributed by atoms with Crippen molar-refractivity contribution in [3.8, 4) is 6.01 Å². The third-order valence-electron chi connectivity index (χ3n) is 5.42. The fraction of sp³-hybridized carbons (Fsp3) is 0.304. The Morgan fingerprint density at radius 1 is 0.947 bits per heavy atom. The quantitative estimate of drug-likeness (QED) is 0.355. The van der Waals surface area contributed by atoms with Crippen molar-refractivity contribution in [3.63, 3.8) is 0 Å². The van der Waals surface area contributed by atoms with Gasteiger partial charge in [-0.25, -0.2) is 0 Å². The van der Waals surface area contributed by atoms with E-state index in [1.54, 1.807) is 34.1 Å². The minimum absolute atomic E-state index is 0.0438. The highest BCUT2D eigenvalue weighted by atomic mass is 19.4. The van der Waals surface area contributed by atoms with E-state index in [-0.39, 0.29) is 49.7 Å². The number of amides is 1.